The summed E-state index contributed by atoms with van der Waals surface area (Å²) in [5.41, 5.74) is 0.623. The molecule has 0 saturated heterocycles. The van der Waals surface area contributed by atoms with E-state index in [1.54, 1.807) is 24.3 Å². The van der Waals surface area contributed by atoms with Crippen molar-refractivity contribution in [1.29, 1.82) is 0 Å². The van der Waals surface area contributed by atoms with Crippen molar-refractivity contribution >= 4 is 29.2 Å². The van der Waals surface area contributed by atoms with E-state index in [4.69, 9.17) is 16.7 Å². The maximum atomic E-state index is 11.3. The molecular formula is C11H10ClNO3. The molecule has 0 fully saturated rings. The minimum absolute atomic E-state index is 0.0227. The van der Waals surface area contributed by atoms with Crippen LogP contribution in [0.1, 0.15) is 6.42 Å². The van der Waals surface area contributed by atoms with Crippen LogP contribution in [0.5, 0.6) is 0 Å². The second-order valence-electron chi connectivity index (χ2n) is 3.00. The van der Waals surface area contributed by atoms with E-state index in [0.717, 1.165) is 6.08 Å². The molecule has 1 rings (SSSR count). The van der Waals surface area contributed by atoms with Gasteiger partial charge in [0.2, 0.25) is 5.91 Å². The van der Waals surface area contributed by atoms with Gasteiger partial charge in [-0.2, -0.15) is 0 Å². The van der Waals surface area contributed by atoms with E-state index in [1.165, 1.54) is 6.08 Å². The molecule has 0 saturated carbocycles. The largest absolute Gasteiger partial charge is 0.478 e. The number of amides is 1. The quantitative estimate of drug-likeness (QED) is 0.793. The third-order valence-corrected chi connectivity index (χ3v) is 1.94. The number of carbonyl (C=O) groups is 2. The maximum absolute atomic E-state index is 11.3. The van der Waals surface area contributed by atoms with Gasteiger partial charge < -0.3 is 10.4 Å². The summed E-state index contributed by atoms with van der Waals surface area (Å²) in [4.78, 5) is 21.4. The number of hydrogen-bond acceptors (Lipinski definition) is 2. The standard InChI is InChI=1S/C11H10ClNO3/c12-8-4-6-9(7-5-8)13-10(14)2-1-3-11(15)16/h1,3-7H,2H2,(H,13,14)(H,15,16). The summed E-state index contributed by atoms with van der Waals surface area (Å²) in [6.07, 6.45) is 2.24. The van der Waals surface area contributed by atoms with Gasteiger partial charge in [-0.3, -0.25) is 4.79 Å². The third kappa shape index (κ3) is 4.61. The van der Waals surface area contributed by atoms with Crippen LogP contribution in [0.3, 0.4) is 0 Å². The number of carboxylic acids is 1. The molecule has 1 aromatic carbocycles. The van der Waals surface area contributed by atoms with Crippen molar-refractivity contribution in [2.45, 2.75) is 6.42 Å². The minimum atomic E-state index is -1.07. The van der Waals surface area contributed by atoms with Gasteiger partial charge in [0.05, 0.1) is 0 Å². The first-order valence-corrected chi connectivity index (χ1v) is 4.90. The monoisotopic (exact) mass is 239 g/mol. The highest BCUT2D eigenvalue weighted by molar-refractivity contribution is 6.30. The third-order valence-electron chi connectivity index (χ3n) is 1.69. The van der Waals surface area contributed by atoms with Crippen molar-refractivity contribution in [2.75, 3.05) is 5.32 Å². The fraction of sp³-hybridized carbons (Fsp3) is 0.0909. The molecule has 0 aliphatic rings. The van der Waals surface area contributed by atoms with Gasteiger partial charge in [0.15, 0.2) is 0 Å². The molecule has 0 aliphatic heterocycles. The average molecular weight is 240 g/mol. The van der Waals surface area contributed by atoms with E-state index in [9.17, 15) is 9.59 Å². The van der Waals surface area contributed by atoms with Crippen molar-refractivity contribution in [3.63, 3.8) is 0 Å². The molecule has 0 aromatic heterocycles. The van der Waals surface area contributed by atoms with Gasteiger partial charge in [-0.15, -0.1) is 0 Å². The smallest absolute Gasteiger partial charge is 0.327 e. The number of benzene rings is 1. The van der Waals surface area contributed by atoms with Crippen LogP contribution in [0.2, 0.25) is 5.02 Å². The Morgan fingerprint density at radius 1 is 1.31 bits per heavy atom. The first-order valence-electron chi connectivity index (χ1n) is 4.53. The number of anilines is 1. The summed E-state index contributed by atoms with van der Waals surface area (Å²) >= 11 is 5.68. The number of aliphatic carboxylic acids is 1. The predicted molar refractivity (Wildman–Crippen MR) is 61.5 cm³/mol. The first kappa shape index (κ1) is 12.3. The lowest BCUT2D eigenvalue weighted by atomic mass is 10.3. The molecule has 0 heterocycles. The summed E-state index contributed by atoms with van der Waals surface area (Å²) in [7, 11) is 0. The number of hydrogen-bond donors (Lipinski definition) is 2. The molecule has 0 spiro atoms. The average Bonchev–Trinajstić information content (AvgIpc) is 2.21. The fourth-order valence-electron chi connectivity index (χ4n) is 1.01. The lowest BCUT2D eigenvalue weighted by Gasteiger charge is -2.02. The molecule has 1 amide bonds. The summed E-state index contributed by atoms with van der Waals surface area (Å²) in [5.74, 6) is -1.35. The molecule has 4 nitrogen and oxygen atoms in total. The first-order chi connectivity index (χ1) is 7.58. The van der Waals surface area contributed by atoms with Crippen LogP contribution in [0.25, 0.3) is 0 Å². The Kier molecular flexibility index (Phi) is 4.54. The molecule has 0 radical (unpaired) electrons. The van der Waals surface area contributed by atoms with Crippen LogP contribution >= 0.6 is 11.6 Å². The molecule has 0 atom stereocenters. The van der Waals surface area contributed by atoms with Gasteiger partial charge in [-0.1, -0.05) is 17.7 Å². The summed E-state index contributed by atoms with van der Waals surface area (Å²) in [5, 5.41) is 11.5. The second kappa shape index (κ2) is 5.92. The zero-order chi connectivity index (χ0) is 12.0. The Balaban J connectivity index is 2.45. The number of carboxylic acid groups (broad SMARTS) is 1. The maximum Gasteiger partial charge on any atom is 0.327 e. The van der Waals surface area contributed by atoms with E-state index in [0.29, 0.717) is 10.7 Å². The number of carbonyl (C=O) groups excluding carboxylic acids is 1. The van der Waals surface area contributed by atoms with Crippen LogP contribution in [-0.4, -0.2) is 17.0 Å². The lowest BCUT2D eigenvalue weighted by molar-refractivity contribution is -0.131. The van der Waals surface area contributed by atoms with Gasteiger partial charge in [0.1, 0.15) is 0 Å². The van der Waals surface area contributed by atoms with Crippen LogP contribution < -0.4 is 5.32 Å². The normalized spacial score (nSPS) is 10.3. The van der Waals surface area contributed by atoms with Gasteiger partial charge >= 0.3 is 5.97 Å². The van der Waals surface area contributed by atoms with E-state index >= 15 is 0 Å². The van der Waals surface area contributed by atoms with E-state index in [1.807, 2.05) is 0 Å². The molecule has 1 aromatic rings. The van der Waals surface area contributed by atoms with Crippen LogP contribution in [0.15, 0.2) is 36.4 Å². The molecular weight excluding hydrogens is 230 g/mol. The second-order valence-corrected chi connectivity index (χ2v) is 3.44. The number of halogens is 1. The Bertz CT molecular complexity index is 412. The number of nitrogens with one attached hydrogen (secondary N) is 1. The van der Waals surface area contributed by atoms with Gasteiger partial charge in [-0.25, -0.2) is 4.79 Å². The molecule has 0 bridgehead atoms. The zero-order valence-corrected chi connectivity index (χ0v) is 9.07. The van der Waals surface area contributed by atoms with Crippen molar-refractivity contribution in [3.05, 3.63) is 41.4 Å². The van der Waals surface area contributed by atoms with Crippen molar-refractivity contribution in [3.8, 4) is 0 Å². The lowest BCUT2D eigenvalue weighted by Crippen LogP contribution is -2.09. The van der Waals surface area contributed by atoms with Crippen molar-refractivity contribution in [2.24, 2.45) is 0 Å². The Morgan fingerprint density at radius 2 is 1.94 bits per heavy atom. The molecule has 0 unspecified atom stereocenters. The molecule has 5 heteroatoms. The summed E-state index contributed by atoms with van der Waals surface area (Å²) in [6, 6.07) is 6.65. The summed E-state index contributed by atoms with van der Waals surface area (Å²) < 4.78 is 0. The Hall–Kier alpha value is -1.81. The predicted octanol–water partition coefficient (Wildman–Crippen LogP) is 2.31. The Morgan fingerprint density at radius 3 is 2.50 bits per heavy atom. The summed E-state index contributed by atoms with van der Waals surface area (Å²) in [6.45, 7) is 0. The van der Waals surface area contributed by atoms with Crippen LogP contribution in [0.4, 0.5) is 5.69 Å². The number of rotatable bonds is 4. The van der Waals surface area contributed by atoms with Crippen molar-refractivity contribution in [1.82, 2.24) is 0 Å². The van der Waals surface area contributed by atoms with E-state index in [2.05, 4.69) is 5.32 Å². The van der Waals surface area contributed by atoms with E-state index < -0.39 is 5.97 Å². The SMILES string of the molecule is O=C(O)C=CCC(=O)Nc1ccc(Cl)cc1. The minimum Gasteiger partial charge on any atom is -0.478 e. The van der Waals surface area contributed by atoms with Gasteiger partial charge in [0.25, 0.3) is 0 Å². The van der Waals surface area contributed by atoms with E-state index in [-0.39, 0.29) is 12.3 Å². The Labute approximate surface area is 97.5 Å². The highest BCUT2D eigenvalue weighted by atomic mass is 35.5. The molecule has 16 heavy (non-hydrogen) atoms. The highest BCUT2D eigenvalue weighted by Crippen LogP contribution is 2.13. The van der Waals surface area contributed by atoms with Crippen LogP contribution in [-0.2, 0) is 9.59 Å². The molecule has 0 aliphatic carbocycles. The zero-order valence-electron chi connectivity index (χ0n) is 8.31. The topological polar surface area (TPSA) is 66.4 Å². The molecule has 2 N–H and O–H groups in total. The fourth-order valence-corrected chi connectivity index (χ4v) is 1.14. The van der Waals surface area contributed by atoms with Gasteiger partial charge in [0, 0.05) is 23.2 Å². The van der Waals surface area contributed by atoms with Gasteiger partial charge in [-0.05, 0) is 24.3 Å². The van der Waals surface area contributed by atoms with Crippen molar-refractivity contribution < 1.29 is 14.7 Å². The highest BCUT2D eigenvalue weighted by Gasteiger charge is 1.99. The van der Waals surface area contributed by atoms with Crippen LogP contribution in [0, 0.1) is 0 Å². The molecule has 84 valence electrons.